The zero-order valence-corrected chi connectivity index (χ0v) is 13.1. The SMILES string of the molecule is CC1CC(N2CCCC2C2CCCN2)CC(C)(C)C1. The van der Waals surface area contributed by atoms with E-state index in [1.807, 2.05) is 0 Å². The van der Waals surface area contributed by atoms with Gasteiger partial charge in [0, 0.05) is 18.1 Å². The van der Waals surface area contributed by atoms with Gasteiger partial charge in [-0.3, -0.25) is 4.90 Å². The number of likely N-dealkylation sites (tertiary alicyclic amines) is 1. The highest BCUT2D eigenvalue weighted by Crippen LogP contribution is 2.42. The summed E-state index contributed by atoms with van der Waals surface area (Å²) in [5.74, 6) is 0.909. The van der Waals surface area contributed by atoms with Gasteiger partial charge in [0.25, 0.3) is 0 Å². The molecule has 1 aliphatic carbocycles. The van der Waals surface area contributed by atoms with Crippen molar-refractivity contribution >= 4 is 0 Å². The highest BCUT2D eigenvalue weighted by atomic mass is 15.2. The first-order chi connectivity index (χ1) is 9.05. The number of nitrogens with zero attached hydrogens (tertiary/aromatic N) is 1. The first-order valence-electron chi connectivity index (χ1n) is 8.54. The maximum absolute atomic E-state index is 3.76. The van der Waals surface area contributed by atoms with Crippen molar-refractivity contribution < 1.29 is 0 Å². The monoisotopic (exact) mass is 264 g/mol. The Hall–Kier alpha value is -0.0800. The number of nitrogens with one attached hydrogen (secondary N) is 1. The maximum atomic E-state index is 3.76. The van der Waals surface area contributed by atoms with E-state index in [0.29, 0.717) is 5.41 Å². The summed E-state index contributed by atoms with van der Waals surface area (Å²) in [7, 11) is 0. The standard InChI is InChI=1S/C17H32N2/c1-13-10-14(12-17(2,3)11-13)19-9-5-7-16(19)15-6-4-8-18-15/h13-16,18H,4-12H2,1-3H3. The summed E-state index contributed by atoms with van der Waals surface area (Å²) < 4.78 is 0. The molecule has 0 aromatic rings. The molecule has 2 heteroatoms. The summed E-state index contributed by atoms with van der Waals surface area (Å²) in [6.45, 7) is 10.0. The first kappa shape index (κ1) is 13.9. The Morgan fingerprint density at radius 3 is 2.63 bits per heavy atom. The van der Waals surface area contributed by atoms with E-state index >= 15 is 0 Å². The van der Waals surface area contributed by atoms with Crippen molar-refractivity contribution in [3.8, 4) is 0 Å². The number of hydrogen-bond donors (Lipinski definition) is 1. The summed E-state index contributed by atoms with van der Waals surface area (Å²) in [6, 6.07) is 2.49. The van der Waals surface area contributed by atoms with Crippen molar-refractivity contribution in [3.05, 3.63) is 0 Å². The lowest BCUT2D eigenvalue weighted by molar-refractivity contribution is 0.0506. The minimum Gasteiger partial charge on any atom is -0.312 e. The van der Waals surface area contributed by atoms with Gasteiger partial charge in [0.05, 0.1) is 0 Å². The average molecular weight is 264 g/mol. The van der Waals surface area contributed by atoms with Crippen molar-refractivity contribution in [3.63, 3.8) is 0 Å². The molecule has 0 spiro atoms. The van der Waals surface area contributed by atoms with Crippen molar-refractivity contribution in [2.24, 2.45) is 11.3 Å². The Labute approximate surface area is 119 Å². The highest BCUT2D eigenvalue weighted by Gasteiger charge is 2.41. The molecule has 2 nitrogen and oxygen atoms in total. The van der Waals surface area contributed by atoms with Crippen LogP contribution in [0, 0.1) is 11.3 Å². The second-order valence-electron chi connectivity index (χ2n) is 8.22. The molecular formula is C17H32N2. The summed E-state index contributed by atoms with van der Waals surface area (Å²) >= 11 is 0. The Kier molecular flexibility index (Phi) is 3.92. The quantitative estimate of drug-likeness (QED) is 0.822. The summed E-state index contributed by atoms with van der Waals surface area (Å²) in [5, 5.41) is 3.76. The third kappa shape index (κ3) is 3.00. The lowest BCUT2D eigenvalue weighted by Gasteiger charge is -2.45. The summed E-state index contributed by atoms with van der Waals surface area (Å²) in [4.78, 5) is 2.90. The average Bonchev–Trinajstić information content (AvgIpc) is 2.97. The molecule has 0 amide bonds. The minimum atomic E-state index is 0.554. The molecule has 19 heavy (non-hydrogen) atoms. The fourth-order valence-electron chi connectivity index (χ4n) is 5.29. The van der Waals surface area contributed by atoms with E-state index < -0.39 is 0 Å². The third-order valence-corrected chi connectivity index (χ3v) is 5.74. The van der Waals surface area contributed by atoms with Gasteiger partial charge in [-0.2, -0.15) is 0 Å². The normalized spacial score (nSPS) is 43.7. The van der Waals surface area contributed by atoms with Gasteiger partial charge in [-0.05, 0) is 69.4 Å². The Bertz CT molecular complexity index is 306. The number of rotatable bonds is 2. The van der Waals surface area contributed by atoms with Gasteiger partial charge in [0.1, 0.15) is 0 Å². The fraction of sp³-hybridized carbons (Fsp3) is 1.00. The van der Waals surface area contributed by atoms with E-state index in [9.17, 15) is 0 Å². The Balaban J connectivity index is 1.69. The zero-order chi connectivity index (χ0) is 13.5. The molecular weight excluding hydrogens is 232 g/mol. The van der Waals surface area contributed by atoms with Crippen LogP contribution in [-0.4, -0.2) is 36.1 Å². The lowest BCUT2D eigenvalue weighted by atomic mass is 9.70. The van der Waals surface area contributed by atoms with E-state index in [-0.39, 0.29) is 0 Å². The molecule has 3 aliphatic rings. The van der Waals surface area contributed by atoms with Crippen LogP contribution in [0.2, 0.25) is 0 Å². The van der Waals surface area contributed by atoms with Crippen LogP contribution in [-0.2, 0) is 0 Å². The molecule has 3 rings (SSSR count). The molecule has 4 unspecified atom stereocenters. The predicted octanol–water partition coefficient (Wildman–Crippen LogP) is 3.42. The zero-order valence-electron chi connectivity index (χ0n) is 13.1. The molecule has 0 radical (unpaired) electrons. The highest BCUT2D eigenvalue weighted by molar-refractivity contribution is 4.97. The maximum Gasteiger partial charge on any atom is 0.0252 e. The summed E-state index contributed by atoms with van der Waals surface area (Å²) in [5.41, 5.74) is 0.554. The van der Waals surface area contributed by atoms with Crippen LogP contribution in [0.25, 0.3) is 0 Å². The molecule has 0 aromatic heterocycles. The van der Waals surface area contributed by atoms with Gasteiger partial charge in [-0.25, -0.2) is 0 Å². The van der Waals surface area contributed by atoms with Crippen LogP contribution >= 0.6 is 0 Å². The van der Waals surface area contributed by atoms with Crippen LogP contribution in [0.3, 0.4) is 0 Å². The Morgan fingerprint density at radius 2 is 1.95 bits per heavy atom. The lowest BCUT2D eigenvalue weighted by Crippen LogP contribution is -2.51. The molecule has 1 N–H and O–H groups in total. The topological polar surface area (TPSA) is 15.3 Å². The van der Waals surface area contributed by atoms with Crippen LogP contribution in [0.15, 0.2) is 0 Å². The minimum absolute atomic E-state index is 0.554. The van der Waals surface area contributed by atoms with Crippen LogP contribution in [0.1, 0.15) is 65.7 Å². The molecule has 2 heterocycles. The van der Waals surface area contributed by atoms with E-state index in [0.717, 1.165) is 24.0 Å². The van der Waals surface area contributed by atoms with E-state index in [1.165, 1.54) is 58.0 Å². The van der Waals surface area contributed by atoms with Gasteiger partial charge < -0.3 is 5.32 Å². The van der Waals surface area contributed by atoms with E-state index in [1.54, 1.807) is 0 Å². The van der Waals surface area contributed by atoms with Gasteiger partial charge >= 0.3 is 0 Å². The molecule has 4 atom stereocenters. The molecule has 3 fully saturated rings. The van der Waals surface area contributed by atoms with Gasteiger partial charge in [0.15, 0.2) is 0 Å². The van der Waals surface area contributed by atoms with Gasteiger partial charge in [-0.15, -0.1) is 0 Å². The van der Waals surface area contributed by atoms with Crippen molar-refractivity contribution in [1.29, 1.82) is 0 Å². The molecule has 2 saturated heterocycles. The smallest absolute Gasteiger partial charge is 0.0252 e. The predicted molar refractivity (Wildman–Crippen MR) is 81.3 cm³/mol. The first-order valence-corrected chi connectivity index (χ1v) is 8.54. The van der Waals surface area contributed by atoms with Crippen LogP contribution in [0.5, 0.6) is 0 Å². The number of hydrogen-bond acceptors (Lipinski definition) is 2. The largest absolute Gasteiger partial charge is 0.312 e. The van der Waals surface area contributed by atoms with Crippen molar-refractivity contribution in [1.82, 2.24) is 10.2 Å². The molecule has 0 aromatic carbocycles. The van der Waals surface area contributed by atoms with Crippen LogP contribution in [0.4, 0.5) is 0 Å². The van der Waals surface area contributed by atoms with E-state index in [4.69, 9.17) is 0 Å². The van der Waals surface area contributed by atoms with E-state index in [2.05, 4.69) is 31.0 Å². The summed E-state index contributed by atoms with van der Waals surface area (Å²) in [6.07, 6.45) is 9.93. The third-order valence-electron chi connectivity index (χ3n) is 5.74. The van der Waals surface area contributed by atoms with Crippen LogP contribution < -0.4 is 5.32 Å². The molecule has 2 aliphatic heterocycles. The second-order valence-corrected chi connectivity index (χ2v) is 8.22. The second kappa shape index (κ2) is 5.37. The Morgan fingerprint density at radius 1 is 1.11 bits per heavy atom. The van der Waals surface area contributed by atoms with Crippen molar-refractivity contribution in [2.75, 3.05) is 13.1 Å². The molecule has 110 valence electrons. The molecule has 1 saturated carbocycles. The van der Waals surface area contributed by atoms with Gasteiger partial charge in [0.2, 0.25) is 0 Å². The van der Waals surface area contributed by atoms with Gasteiger partial charge in [-0.1, -0.05) is 20.8 Å². The molecule has 0 bridgehead atoms. The van der Waals surface area contributed by atoms with Crippen molar-refractivity contribution in [2.45, 2.75) is 83.8 Å². The fourth-order valence-corrected chi connectivity index (χ4v) is 5.29.